The van der Waals surface area contributed by atoms with Crippen LogP contribution >= 0.6 is 34.0 Å². The Kier molecular flexibility index (Phi) is 17.5. The van der Waals surface area contributed by atoms with E-state index >= 15 is 0 Å². The van der Waals surface area contributed by atoms with Crippen molar-refractivity contribution in [2.45, 2.75) is 84.7 Å². The highest BCUT2D eigenvalue weighted by Crippen LogP contribution is 2.08. The summed E-state index contributed by atoms with van der Waals surface area (Å²) in [6, 6.07) is 0. The van der Waals surface area contributed by atoms with Gasteiger partial charge in [0.1, 0.15) is 12.4 Å². The molecule has 1 aromatic heterocycles. The number of aryl methyl sites for hydroxylation is 2. The molecule has 20 heavy (non-hydrogen) atoms. The smallest absolute Gasteiger partial charge is 0.237 e. The Morgan fingerprint density at radius 2 is 1.40 bits per heavy atom. The number of hydrogen-bond donors (Lipinski definition) is 0. The minimum atomic E-state index is 0. The molecule has 0 saturated carbocycles. The molecule has 120 valence electrons. The van der Waals surface area contributed by atoms with Crippen molar-refractivity contribution in [3.8, 4) is 0 Å². The number of unbranched alkanes of at least 4 members (excludes halogenated alkanes) is 7. The molecule has 0 unspecified atom stereocenters. The van der Waals surface area contributed by atoms with E-state index in [1.54, 1.807) is 0 Å². The third-order valence-corrected chi connectivity index (χ3v) is 3.50. The maximum atomic E-state index is 2.33. The second kappa shape index (κ2) is 15.6. The van der Waals surface area contributed by atoms with Crippen molar-refractivity contribution in [1.29, 1.82) is 0 Å². The van der Waals surface area contributed by atoms with Crippen molar-refractivity contribution < 1.29 is 4.57 Å². The average molecular weight is 413 g/mol. The van der Waals surface area contributed by atoms with Crippen molar-refractivity contribution in [2.75, 3.05) is 0 Å². The van der Waals surface area contributed by atoms with Gasteiger partial charge in [-0.3, -0.25) is 0 Å². The van der Waals surface area contributed by atoms with Gasteiger partial charge in [0.15, 0.2) is 0 Å². The molecule has 0 radical (unpaired) electrons. The second-order valence-corrected chi connectivity index (χ2v) is 5.36. The van der Waals surface area contributed by atoms with Gasteiger partial charge in [-0.1, -0.05) is 52.4 Å². The molecule has 4 heteroatoms. The normalized spacial score (nSPS) is 9.90. The third kappa shape index (κ3) is 10.9. The molecule has 0 aliphatic heterocycles. The van der Waals surface area contributed by atoms with Gasteiger partial charge in [-0.25, -0.2) is 9.13 Å². The summed E-state index contributed by atoms with van der Waals surface area (Å²) >= 11 is 0. The molecule has 0 atom stereocenters. The Bertz CT molecular complexity index is 300. The molecule has 1 aromatic rings. The van der Waals surface area contributed by atoms with Crippen LogP contribution in [0.2, 0.25) is 0 Å². The average Bonchev–Trinajstić information content (AvgIpc) is 2.81. The van der Waals surface area contributed by atoms with E-state index in [9.17, 15) is 0 Å². The maximum Gasteiger partial charge on any atom is 0.243 e. The lowest BCUT2D eigenvalue weighted by Crippen LogP contribution is -2.30. The summed E-state index contributed by atoms with van der Waals surface area (Å²) in [5, 5.41) is 0. The van der Waals surface area contributed by atoms with Gasteiger partial charge in [0, 0.05) is 0 Å². The quantitative estimate of drug-likeness (QED) is 0.336. The Balaban J connectivity index is 0. The zero-order valence-electron chi connectivity index (χ0n) is 13.2. The van der Waals surface area contributed by atoms with E-state index < -0.39 is 0 Å². The highest BCUT2D eigenvalue weighted by atomic mass is 79.9. The number of halogens is 2. The predicted molar refractivity (Wildman–Crippen MR) is 98.2 cm³/mol. The van der Waals surface area contributed by atoms with Crippen LogP contribution in [0.15, 0.2) is 18.7 Å². The van der Waals surface area contributed by atoms with Crippen LogP contribution in [0.1, 0.15) is 71.6 Å². The zero-order valence-corrected chi connectivity index (χ0v) is 16.6. The number of nitrogens with zero attached hydrogens (tertiary/aromatic N) is 2. The number of imidazole rings is 1. The summed E-state index contributed by atoms with van der Waals surface area (Å²) in [5.41, 5.74) is 0. The van der Waals surface area contributed by atoms with Gasteiger partial charge in [0.2, 0.25) is 6.33 Å². The van der Waals surface area contributed by atoms with Gasteiger partial charge in [-0.15, -0.1) is 34.0 Å². The van der Waals surface area contributed by atoms with Crippen LogP contribution in [-0.4, -0.2) is 4.57 Å². The standard InChI is InChI=1S/C16H31N2.2BrH/c1-3-5-6-7-8-9-10-11-13-18-15-14-17(16-18)12-4-2;;/h14-16H,3-13H2,1-2H3;2*1H/q+1;;. The van der Waals surface area contributed by atoms with Gasteiger partial charge in [0.05, 0.1) is 13.1 Å². The fraction of sp³-hybridized carbons (Fsp3) is 0.812. The highest BCUT2D eigenvalue weighted by Gasteiger charge is 2.01. The third-order valence-electron chi connectivity index (χ3n) is 3.50. The minimum absolute atomic E-state index is 0. The first kappa shape index (κ1) is 22.5. The van der Waals surface area contributed by atoms with E-state index in [0.717, 1.165) is 6.54 Å². The lowest BCUT2D eigenvalue weighted by molar-refractivity contribution is -0.696. The van der Waals surface area contributed by atoms with Crippen LogP contribution in [0.3, 0.4) is 0 Å². The van der Waals surface area contributed by atoms with E-state index in [1.165, 1.54) is 64.3 Å². The monoisotopic (exact) mass is 411 g/mol. The molecular formula is C16H33Br2N2+. The van der Waals surface area contributed by atoms with Crippen molar-refractivity contribution in [2.24, 2.45) is 0 Å². The molecule has 0 spiro atoms. The van der Waals surface area contributed by atoms with Gasteiger partial charge < -0.3 is 0 Å². The fourth-order valence-electron chi connectivity index (χ4n) is 2.39. The Hall–Kier alpha value is 0.170. The molecule has 0 aromatic carbocycles. The zero-order chi connectivity index (χ0) is 13.1. The van der Waals surface area contributed by atoms with E-state index in [4.69, 9.17) is 0 Å². The molecule has 0 amide bonds. The molecular weight excluding hydrogens is 380 g/mol. The van der Waals surface area contributed by atoms with Crippen LogP contribution in [0.25, 0.3) is 0 Å². The van der Waals surface area contributed by atoms with E-state index in [1.807, 2.05) is 0 Å². The van der Waals surface area contributed by atoms with Crippen LogP contribution in [-0.2, 0) is 13.1 Å². The first-order valence-corrected chi connectivity index (χ1v) is 7.91. The molecule has 0 aliphatic rings. The molecule has 2 nitrogen and oxygen atoms in total. The summed E-state index contributed by atoms with van der Waals surface area (Å²) in [4.78, 5) is 0. The van der Waals surface area contributed by atoms with Gasteiger partial charge in [-0.05, 0) is 19.3 Å². The topological polar surface area (TPSA) is 8.81 Å². The van der Waals surface area contributed by atoms with Crippen LogP contribution in [0.4, 0.5) is 0 Å². The van der Waals surface area contributed by atoms with E-state index in [-0.39, 0.29) is 34.0 Å². The van der Waals surface area contributed by atoms with Crippen LogP contribution < -0.4 is 4.57 Å². The summed E-state index contributed by atoms with van der Waals surface area (Å²) < 4.78 is 4.61. The lowest BCUT2D eigenvalue weighted by atomic mass is 10.1. The second-order valence-electron chi connectivity index (χ2n) is 5.36. The SMILES string of the molecule is Br.Br.CCCCCCCCCCn1cc[n+](CCC)c1. The van der Waals surface area contributed by atoms with Gasteiger partial charge in [-0.2, -0.15) is 0 Å². The summed E-state index contributed by atoms with van der Waals surface area (Å²) in [7, 11) is 0. The van der Waals surface area contributed by atoms with Gasteiger partial charge >= 0.3 is 0 Å². The number of hydrogen-bond acceptors (Lipinski definition) is 0. The number of rotatable bonds is 11. The first-order chi connectivity index (χ1) is 8.86. The first-order valence-electron chi connectivity index (χ1n) is 7.91. The Labute approximate surface area is 146 Å². The van der Waals surface area contributed by atoms with Gasteiger partial charge in [0.25, 0.3) is 0 Å². The predicted octanol–water partition coefficient (Wildman–Crippen LogP) is 5.48. The van der Waals surface area contributed by atoms with Crippen molar-refractivity contribution in [1.82, 2.24) is 4.57 Å². The maximum absolute atomic E-state index is 2.33. The van der Waals surface area contributed by atoms with Crippen LogP contribution in [0, 0.1) is 0 Å². The van der Waals surface area contributed by atoms with E-state index in [0.29, 0.717) is 0 Å². The molecule has 0 fully saturated rings. The largest absolute Gasteiger partial charge is 0.243 e. The minimum Gasteiger partial charge on any atom is -0.237 e. The molecule has 0 saturated heterocycles. The molecule has 0 bridgehead atoms. The van der Waals surface area contributed by atoms with Crippen molar-refractivity contribution in [3.63, 3.8) is 0 Å². The van der Waals surface area contributed by atoms with Crippen molar-refractivity contribution in [3.05, 3.63) is 18.7 Å². The highest BCUT2D eigenvalue weighted by molar-refractivity contribution is 8.93. The Morgan fingerprint density at radius 3 is 2.00 bits per heavy atom. The Morgan fingerprint density at radius 1 is 0.800 bits per heavy atom. The van der Waals surface area contributed by atoms with Crippen LogP contribution in [0.5, 0.6) is 0 Å². The fourth-order valence-corrected chi connectivity index (χ4v) is 2.39. The lowest BCUT2D eigenvalue weighted by Gasteiger charge is -2.00. The molecule has 0 N–H and O–H groups in total. The summed E-state index contributed by atoms with van der Waals surface area (Å²) in [6.07, 6.45) is 19.1. The number of aromatic nitrogens is 2. The molecule has 0 aliphatic carbocycles. The summed E-state index contributed by atoms with van der Waals surface area (Å²) in [5.74, 6) is 0. The van der Waals surface area contributed by atoms with E-state index in [2.05, 4.69) is 41.7 Å². The van der Waals surface area contributed by atoms with Crippen molar-refractivity contribution >= 4 is 34.0 Å². The molecule has 1 heterocycles. The molecule has 1 rings (SSSR count). The summed E-state index contributed by atoms with van der Waals surface area (Å²) in [6.45, 7) is 6.83.